The first-order valence-electron chi connectivity index (χ1n) is 27.7. The van der Waals surface area contributed by atoms with Gasteiger partial charge in [-0.15, -0.1) is 0 Å². The van der Waals surface area contributed by atoms with Crippen LogP contribution in [-0.2, 0) is 52.3 Å². The summed E-state index contributed by atoms with van der Waals surface area (Å²) in [6, 6.07) is 0. The molecule has 0 amide bonds. The lowest BCUT2D eigenvalue weighted by molar-refractivity contribution is -0.392. The van der Waals surface area contributed by atoms with E-state index in [1.807, 2.05) is 20.8 Å². The number of hydrogen-bond acceptors (Lipinski definition) is 23. The van der Waals surface area contributed by atoms with Gasteiger partial charge < -0.3 is 104 Å². The lowest BCUT2D eigenvalue weighted by atomic mass is 9.33. The summed E-state index contributed by atoms with van der Waals surface area (Å²) in [4.78, 5) is 39.0. The summed E-state index contributed by atoms with van der Waals surface area (Å²) in [6.07, 6.45) is -26.8. The predicted octanol–water partition coefficient (Wildman–Crippen LogP) is -1.32. The molecule has 8 aliphatic rings. The van der Waals surface area contributed by atoms with Gasteiger partial charge in [-0.25, -0.2) is 9.59 Å². The third-order valence-corrected chi connectivity index (χ3v) is 21.0. The van der Waals surface area contributed by atoms with E-state index in [0.29, 0.717) is 37.7 Å². The summed E-state index contributed by atoms with van der Waals surface area (Å²) in [7, 11) is 0. The number of carbonyl (C=O) groups is 3. The van der Waals surface area contributed by atoms with Crippen molar-refractivity contribution in [2.24, 2.45) is 50.2 Å². The van der Waals surface area contributed by atoms with Gasteiger partial charge in [0.2, 0.25) is 0 Å². The lowest BCUT2D eigenvalue weighted by Crippen LogP contribution is -2.72. The quantitative estimate of drug-likeness (QED) is 0.0415. The molecule has 3 heterocycles. The van der Waals surface area contributed by atoms with Gasteiger partial charge in [-0.3, -0.25) is 4.79 Å². The van der Waals surface area contributed by atoms with Crippen molar-refractivity contribution in [1.29, 1.82) is 0 Å². The highest BCUT2D eigenvalue weighted by atomic mass is 16.8. The Balaban J connectivity index is 1.11. The molecule has 79 heavy (non-hydrogen) atoms. The molecular weight excluding hydrogens is 1040 g/mol. The van der Waals surface area contributed by atoms with Crippen molar-refractivity contribution in [3.8, 4) is 0 Å². The Morgan fingerprint density at radius 3 is 1.81 bits per heavy atom. The molecule has 5 aliphatic carbocycles. The molecular formula is C55H86O24. The Labute approximate surface area is 459 Å². The highest BCUT2D eigenvalue weighted by molar-refractivity contribution is 5.87. The zero-order chi connectivity index (χ0) is 58.4. The third kappa shape index (κ3) is 10.0. The van der Waals surface area contributed by atoms with Gasteiger partial charge in [0.15, 0.2) is 25.0 Å². The third-order valence-electron chi connectivity index (χ3n) is 21.0. The predicted molar refractivity (Wildman–Crippen MR) is 269 cm³/mol. The number of aliphatic carboxylic acids is 1. The molecule has 1 unspecified atom stereocenters. The number of ether oxygens (including phenoxy) is 8. The smallest absolute Gasteiger partial charge is 0.335 e. The van der Waals surface area contributed by atoms with Crippen LogP contribution in [0.4, 0.5) is 0 Å². The van der Waals surface area contributed by atoms with Crippen molar-refractivity contribution < 1.29 is 119 Å². The van der Waals surface area contributed by atoms with Gasteiger partial charge in [-0.2, -0.15) is 0 Å². The van der Waals surface area contributed by atoms with Crippen LogP contribution in [0, 0.1) is 50.2 Å². The molecule has 0 aromatic heterocycles. The summed E-state index contributed by atoms with van der Waals surface area (Å²) in [5, 5.41) is 144. The van der Waals surface area contributed by atoms with E-state index < -0.39 is 193 Å². The number of carbonyl (C=O) groups excluding carboxylic acids is 2. The number of allylic oxidation sites excluding steroid dienone is 3. The number of carboxylic acids is 1. The van der Waals surface area contributed by atoms with Gasteiger partial charge in [0.1, 0.15) is 86.0 Å². The van der Waals surface area contributed by atoms with Gasteiger partial charge >= 0.3 is 17.9 Å². The second-order valence-electron chi connectivity index (χ2n) is 25.6. The van der Waals surface area contributed by atoms with Crippen LogP contribution >= 0.6 is 0 Å². The number of aliphatic hydroxyl groups excluding tert-OH is 12. The number of aliphatic hydroxyl groups is 12. The first kappa shape index (κ1) is 62.2. The average Bonchev–Trinajstić information content (AvgIpc) is 3.39. The molecule has 24 heteroatoms. The van der Waals surface area contributed by atoms with Crippen molar-refractivity contribution in [3.63, 3.8) is 0 Å². The minimum atomic E-state index is -2.18. The van der Waals surface area contributed by atoms with E-state index >= 15 is 0 Å². The zero-order valence-corrected chi connectivity index (χ0v) is 46.4. The van der Waals surface area contributed by atoms with Gasteiger partial charge in [0, 0.05) is 23.3 Å². The molecule has 7 fully saturated rings. The minimum Gasteiger partial charge on any atom is -0.479 e. The molecule has 8 rings (SSSR count). The van der Waals surface area contributed by atoms with Crippen molar-refractivity contribution in [2.75, 3.05) is 26.4 Å². The Morgan fingerprint density at radius 1 is 0.696 bits per heavy atom. The van der Waals surface area contributed by atoms with Crippen LogP contribution in [0.1, 0.15) is 107 Å². The topological polar surface area (TPSA) is 388 Å². The van der Waals surface area contributed by atoms with E-state index in [1.165, 1.54) is 6.92 Å². The zero-order valence-electron chi connectivity index (χ0n) is 46.4. The maximum atomic E-state index is 13.3. The van der Waals surface area contributed by atoms with Crippen LogP contribution < -0.4 is 0 Å². The van der Waals surface area contributed by atoms with E-state index in [-0.39, 0.29) is 31.3 Å². The largest absolute Gasteiger partial charge is 0.479 e. The fraction of sp³-hybridized carbons (Fsp3) is 0.873. The Morgan fingerprint density at radius 2 is 1.28 bits per heavy atom. The van der Waals surface area contributed by atoms with Gasteiger partial charge in [-0.1, -0.05) is 59.3 Å². The highest BCUT2D eigenvalue weighted by Crippen LogP contribution is 2.76. The maximum Gasteiger partial charge on any atom is 0.335 e. The molecule has 0 bridgehead atoms. The second kappa shape index (κ2) is 22.6. The first-order valence-corrected chi connectivity index (χ1v) is 27.7. The van der Waals surface area contributed by atoms with Gasteiger partial charge in [0.05, 0.1) is 37.4 Å². The normalized spacial score (nSPS) is 50.6. The Kier molecular flexibility index (Phi) is 17.8. The van der Waals surface area contributed by atoms with Crippen LogP contribution in [0.2, 0.25) is 0 Å². The molecule has 0 spiro atoms. The standard InChI is InChI=1S/C55H86O24/c1-10-23(2)46(71)79-44-43(68)55(22-72-24(3)59)26(17-50(44,4)5)25-11-12-30-51(6)15-14-32(52(7,21-58)29(51)13-16-53(30,8)54(25,9)18-31(55)60)75-49-41(77-48-38(66)36(64)34(62)28(20-57)74-48)39(67)40(42(78-49)45(69)70)76-47-37(65)35(63)33(61)27(19-56)73-47/h10-11,26-44,47-49,56-58,60-68H,12-22H2,1-9H3,(H,69,70)/b23-10+/t26-,27+,28+,29?,30+,31+,32-,33+,34+,35-,36-,37+,38+,39-,40-,41+,42-,43-,44-,47-,48-,49+,51-,52+,53+,54+,55-/m0/s1. The van der Waals surface area contributed by atoms with Crippen molar-refractivity contribution in [2.45, 2.75) is 224 Å². The Hall–Kier alpha value is -2.83. The van der Waals surface area contributed by atoms with E-state index in [0.717, 1.165) is 5.57 Å². The number of carboxylic acid groups (broad SMARTS) is 1. The number of fused-ring (bicyclic) bond motifs is 7. The maximum absolute atomic E-state index is 13.3. The van der Waals surface area contributed by atoms with Crippen molar-refractivity contribution in [1.82, 2.24) is 0 Å². The summed E-state index contributed by atoms with van der Waals surface area (Å²) >= 11 is 0. The average molecular weight is 1130 g/mol. The summed E-state index contributed by atoms with van der Waals surface area (Å²) in [5.74, 6) is -3.82. The van der Waals surface area contributed by atoms with Crippen LogP contribution in [-0.4, -0.2) is 227 Å². The molecule has 0 aromatic carbocycles. The summed E-state index contributed by atoms with van der Waals surface area (Å²) in [6.45, 7) is 14.3. The SMILES string of the molecule is C/C=C(\C)C(=O)O[C@H]1[C@H](O)[C@]2(COC(C)=O)[C@H](O)C[C@]3(C)C(=CC[C@@H]4[C@@]5(C)CC[C@H](O[C@@H]6O[C@H](C(=O)O)[C@@H](O[C@@H]7O[C@H](CO)[C@@H](O)[C@H](O)[C@H]7O)[C@H](O)[C@H]6O[C@@H]6O[C@H](CO)[C@@H](O)[C@H](O)[C@H]6O)[C@](C)(CO)C5CC[C@]43C)[C@@H]2CC1(C)C. The van der Waals surface area contributed by atoms with Crippen LogP contribution in [0.3, 0.4) is 0 Å². The fourth-order valence-corrected chi connectivity index (χ4v) is 16.1. The monoisotopic (exact) mass is 1130 g/mol. The lowest BCUT2D eigenvalue weighted by Gasteiger charge is -2.72. The van der Waals surface area contributed by atoms with Crippen LogP contribution in [0.5, 0.6) is 0 Å². The molecule has 3 aliphatic heterocycles. The highest BCUT2D eigenvalue weighted by Gasteiger charge is 2.74. The molecule has 0 radical (unpaired) electrons. The summed E-state index contributed by atoms with van der Waals surface area (Å²) in [5.41, 5.74) is -3.78. The minimum absolute atomic E-state index is 0.0849. The van der Waals surface area contributed by atoms with E-state index in [9.17, 15) is 80.8 Å². The number of esters is 2. The number of rotatable bonds is 14. The van der Waals surface area contributed by atoms with E-state index in [2.05, 4.69) is 26.8 Å². The molecule has 4 saturated carbocycles. The van der Waals surface area contributed by atoms with E-state index in [1.54, 1.807) is 19.9 Å². The molecule has 3 saturated heterocycles. The second-order valence-corrected chi connectivity index (χ2v) is 25.6. The molecule has 450 valence electrons. The van der Waals surface area contributed by atoms with Crippen LogP contribution in [0.15, 0.2) is 23.3 Å². The first-order chi connectivity index (χ1) is 36.9. The summed E-state index contributed by atoms with van der Waals surface area (Å²) < 4.78 is 47.7. The fourth-order valence-electron chi connectivity index (χ4n) is 16.1. The van der Waals surface area contributed by atoms with E-state index in [4.69, 9.17) is 37.9 Å². The molecule has 27 atom stereocenters. The van der Waals surface area contributed by atoms with Gasteiger partial charge in [0.25, 0.3) is 0 Å². The van der Waals surface area contributed by atoms with Crippen LogP contribution in [0.25, 0.3) is 0 Å². The van der Waals surface area contributed by atoms with Crippen molar-refractivity contribution in [3.05, 3.63) is 23.3 Å². The molecule has 24 nitrogen and oxygen atoms in total. The Bertz CT molecular complexity index is 2290. The molecule has 13 N–H and O–H groups in total. The number of hydrogen-bond donors (Lipinski definition) is 13. The van der Waals surface area contributed by atoms with Crippen molar-refractivity contribution >= 4 is 17.9 Å². The van der Waals surface area contributed by atoms with Gasteiger partial charge in [-0.05, 0) is 92.8 Å². The molecule has 0 aromatic rings.